The number of ether oxygens (including phenoxy) is 1. The van der Waals surface area contributed by atoms with Crippen molar-refractivity contribution in [3.63, 3.8) is 0 Å². The van der Waals surface area contributed by atoms with Crippen LogP contribution in [-0.2, 0) is 11.4 Å². The first-order chi connectivity index (χ1) is 14.6. The number of hydrogen-bond acceptors (Lipinski definition) is 3. The smallest absolute Gasteiger partial charge is 0.329 e. The summed E-state index contributed by atoms with van der Waals surface area (Å²) in [5.41, 5.74) is 1.75. The molecule has 0 saturated carbocycles. The number of hydrogen-bond donors (Lipinski definition) is 1. The van der Waals surface area contributed by atoms with Gasteiger partial charge in [-0.15, -0.1) is 0 Å². The van der Waals surface area contributed by atoms with E-state index in [0.717, 1.165) is 16.3 Å². The van der Waals surface area contributed by atoms with Gasteiger partial charge in [-0.2, -0.15) is 0 Å². The summed E-state index contributed by atoms with van der Waals surface area (Å²) in [5, 5.41) is 4.55. The van der Waals surface area contributed by atoms with Crippen LogP contribution in [0.3, 0.4) is 0 Å². The van der Waals surface area contributed by atoms with Crippen molar-refractivity contribution in [3.05, 3.63) is 83.3 Å². The van der Waals surface area contributed by atoms with Gasteiger partial charge in [0, 0.05) is 12.1 Å². The molecule has 0 unspecified atom stereocenters. The predicted octanol–water partition coefficient (Wildman–Crippen LogP) is 4.86. The lowest BCUT2D eigenvalue weighted by Gasteiger charge is -2.13. The number of nitrogens with zero attached hydrogens (tertiary/aromatic N) is 1. The topological polar surface area (TPSA) is 58.6 Å². The molecule has 0 aromatic heterocycles. The van der Waals surface area contributed by atoms with E-state index in [1.54, 1.807) is 18.2 Å². The third-order valence-electron chi connectivity index (χ3n) is 4.94. The van der Waals surface area contributed by atoms with Crippen LogP contribution in [0.1, 0.15) is 24.5 Å². The first-order valence-corrected chi connectivity index (χ1v) is 9.80. The average molecular weight is 404 g/mol. The van der Waals surface area contributed by atoms with Crippen LogP contribution in [0, 0.1) is 5.82 Å². The van der Waals surface area contributed by atoms with Gasteiger partial charge in [-0.05, 0) is 47.0 Å². The summed E-state index contributed by atoms with van der Waals surface area (Å²) in [7, 11) is 0. The van der Waals surface area contributed by atoms with Crippen molar-refractivity contribution >= 4 is 28.8 Å². The maximum atomic E-state index is 13.2. The van der Waals surface area contributed by atoms with E-state index in [9.17, 15) is 14.0 Å². The maximum Gasteiger partial charge on any atom is 0.329 e. The number of imide groups is 1. The fourth-order valence-corrected chi connectivity index (χ4v) is 3.43. The number of carbonyl (C=O) groups excluding carboxylic acids is 2. The summed E-state index contributed by atoms with van der Waals surface area (Å²) in [4.78, 5) is 26.0. The standard InChI is InChI=1S/C24H21FN2O3/c1-2-13-27-23(28)21(26-24(27)29)14-20-19-6-4-3-5-17(19)9-12-22(20)30-15-16-7-10-18(25)11-8-16/h3-12,14H,2,13,15H2,1H3,(H,26,29)/b21-14+. The Bertz CT molecular complexity index is 1140. The summed E-state index contributed by atoms with van der Waals surface area (Å²) in [6.45, 7) is 2.52. The van der Waals surface area contributed by atoms with Gasteiger partial charge in [0.2, 0.25) is 0 Å². The van der Waals surface area contributed by atoms with Crippen LogP contribution in [0.25, 0.3) is 16.8 Å². The molecule has 3 aromatic carbocycles. The Hall–Kier alpha value is -3.67. The van der Waals surface area contributed by atoms with Gasteiger partial charge in [-0.25, -0.2) is 9.18 Å². The molecule has 1 saturated heterocycles. The minimum absolute atomic E-state index is 0.219. The average Bonchev–Trinajstić information content (AvgIpc) is 3.02. The zero-order valence-corrected chi connectivity index (χ0v) is 16.5. The van der Waals surface area contributed by atoms with Crippen molar-refractivity contribution in [1.29, 1.82) is 0 Å². The van der Waals surface area contributed by atoms with E-state index in [0.29, 0.717) is 24.3 Å². The lowest BCUT2D eigenvalue weighted by atomic mass is 10.0. The monoisotopic (exact) mass is 404 g/mol. The molecule has 0 bridgehead atoms. The number of halogens is 1. The van der Waals surface area contributed by atoms with Gasteiger partial charge in [0.25, 0.3) is 5.91 Å². The molecule has 1 aliphatic heterocycles. The molecule has 1 aliphatic rings. The molecule has 1 heterocycles. The van der Waals surface area contributed by atoms with E-state index in [4.69, 9.17) is 4.74 Å². The zero-order valence-electron chi connectivity index (χ0n) is 16.5. The van der Waals surface area contributed by atoms with Crippen molar-refractivity contribution in [2.75, 3.05) is 6.54 Å². The summed E-state index contributed by atoms with van der Waals surface area (Å²) in [6, 6.07) is 17.2. The largest absolute Gasteiger partial charge is 0.488 e. The Balaban J connectivity index is 1.71. The van der Waals surface area contributed by atoms with Gasteiger partial charge in [0.05, 0.1) is 0 Å². The highest BCUT2D eigenvalue weighted by molar-refractivity contribution is 6.14. The molecule has 1 fully saturated rings. The van der Waals surface area contributed by atoms with Crippen LogP contribution in [0.5, 0.6) is 5.75 Å². The number of nitrogens with one attached hydrogen (secondary N) is 1. The van der Waals surface area contributed by atoms with E-state index >= 15 is 0 Å². The minimum Gasteiger partial charge on any atom is -0.488 e. The lowest BCUT2D eigenvalue weighted by molar-refractivity contribution is -0.122. The summed E-state index contributed by atoms with van der Waals surface area (Å²) in [5.74, 6) is -0.0808. The SMILES string of the molecule is CCCN1C(=O)N/C(=C/c2c(OCc3ccc(F)cc3)ccc3ccccc23)C1=O. The molecule has 0 aliphatic carbocycles. The van der Waals surface area contributed by atoms with Crippen LogP contribution < -0.4 is 10.1 Å². The van der Waals surface area contributed by atoms with Crippen molar-refractivity contribution in [3.8, 4) is 5.75 Å². The van der Waals surface area contributed by atoms with E-state index in [-0.39, 0.29) is 24.0 Å². The van der Waals surface area contributed by atoms with E-state index in [2.05, 4.69) is 5.32 Å². The van der Waals surface area contributed by atoms with Gasteiger partial charge in [-0.1, -0.05) is 49.4 Å². The molecule has 30 heavy (non-hydrogen) atoms. The number of carbonyl (C=O) groups is 2. The Labute approximate surface area is 173 Å². The maximum absolute atomic E-state index is 13.2. The fraction of sp³-hybridized carbons (Fsp3) is 0.167. The minimum atomic E-state index is -0.415. The normalized spacial score (nSPS) is 15.1. The van der Waals surface area contributed by atoms with Gasteiger partial charge >= 0.3 is 6.03 Å². The first kappa shape index (κ1) is 19.6. The summed E-state index contributed by atoms with van der Waals surface area (Å²) >= 11 is 0. The second-order valence-corrected chi connectivity index (χ2v) is 7.06. The fourth-order valence-electron chi connectivity index (χ4n) is 3.43. The van der Waals surface area contributed by atoms with Crippen LogP contribution in [-0.4, -0.2) is 23.4 Å². The second-order valence-electron chi connectivity index (χ2n) is 7.06. The van der Waals surface area contributed by atoms with Gasteiger partial charge < -0.3 is 10.1 Å². The summed E-state index contributed by atoms with van der Waals surface area (Å²) < 4.78 is 19.2. The van der Waals surface area contributed by atoms with Crippen LogP contribution in [0.4, 0.5) is 9.18 Å². The molecule has 152 valence electrons. The Kier molecular flexibility index (Phi) is 5.48. The van der Waals surface area contributed by atoms with Gasteiger partial charge in [0.1, 0.15) is 23.9 Å². The van der Waals surface area contributed by atoms with E-state index < -0.39 is 6.03 Å². The molecular formula is C24H21FN2O3. The molecule has 4 rings (SSSR count). The van der Waals surface area contributed by atoms with Gasteiger partial charge in [0.15, 0.2) is 0 Å². The number of benzene rings is 3. The molecule has 0 atom stereocenters. The lowest BCUT2D eigenvalue weighted by Crippen LogP contribution is -2.31. The van der Waals surface area contributed by atoms with Crippen molar-refractivity contribution in [2.45, 2.75) is 20.0 Å². The molecule has 5 nitrogen and oxygen atoms in total. The predicted molar refractivity (Wildman–Crippen MR) is 113 cm³/mol. The molecule has 0 spiro atoms. The van der Waals surface area contributed by atoms with E-state index in [1.807, 2.05) is 43.3 Å². The molecule has 0 radical (unpaired) electrons. The van der Waals surface area contributed by atoms with Crippen LogP contribution in [0.2, 0.25) is 0 Å². The Morgan fingerprint density at radius 3 is 2.57 bits per heavy atom. The van der Waals surface area contributed by atoms with Gasteiger partial charge in [-0.3, -0.25) is 9.69 Å². The summed E-state index contributed by atoms with van der Waals surface area (Å²) in [6.07, 6.45) is 2.35. The molecule has 1 N–H and O–H groups in total. The molecule has 6 heteroatoms. The number of fused-ring (bicyclic) bond motifs is 1. The second kappa shape index (κ2) is 8.37. The third kappa shape index (κ3) is 3.89. The highest BCUT2D eigenvalue weighted by atomic mass is 19.1. The third-order valence-corrected chi connectivity index (χ3v) is 4.94. The number of rotatable bonds is 6. The molecule has 3 aromatic rings. The highest BCUT2D eigenvalue weighted by Crippen LogP contribution is 2.31. The van der Waals surface area contributed by atoms with E-state index in [1.165, 1.54) is 17.0 Å². The number of amides is 3. The Morgan fingerprint density at radius 1 is 1.03 bits per heavy atom. The van der Waals surface area contributed by atoms with Crippen molar-refractivity contribution in [2.24, 2.45) is 0 Å². The van der Waals surface area contributed by atoms with Crippen LogP contribution >= 0.6 is 0 Å². The quantitative estimate of drug-likeness (QED) is 0.471. The molecule has 3 amide bonds. The van der Waals surface area contributed by atoms with Crippen molar-refractivity contribution < 1.29 is 18.7 Å². The number of urea groups is 1. The van der Waals surface area contributed by atoms with Crippen LogP contribution in [0.15, 0.2) is 66.4 Å². The molecular weight excluding hydrogens is 383 g/mol. The van der Waals surface area contributed by atoms with Crippen molar-refractivity contribution in [1.82, 2.24) is 10.2 Å². The zero-order chi connectivity index (χ0) is 21.1. The highest BCUT2D eigenvalue weighted by Gasteiger charge is 2.33. The Morgan fingerprint density at radius 2 is 1.80 bits per heavy atom. The first-order valence-electron chi connectivity index (χ1n) is 9.80.